The molecule has 0 aliphatic carbocycles. The number of hydrogen-bond donors (Lipinski definition) is 0. The van der Waals surface area contributed by atoms with E-state index in [4.69, 9.17) is 9.47 Å². The largest absolute Gasteiger partial charge is 0.463 e. The fraction of sp³-hybridized carbons (Fsp3) is 0.235. The first-order chi connectivity index (χ1) is 11.2. The molecule has 2 aromatic rings. The summed E-state index contributed by atoms with van der Waals surface area (Å²) in [6.07, 6.45) is 6.02. The van der Waals surface area contributed by atoms with E-state index < -0.39 is 18.0 Å². The van der Waals surface area contributed by atoms with Gasteiger partial charge in [-0.05, 0) is 11.6 Å². The van der Waals surface area contributed by atoms with Crippen LogP contribution < -0.4 is 0 Å². The summed E-state index contributed by atoms with van der Waals surface area (Å²) in [4.78, 5) is 22.9. The molecule has 0 radical (unpaired) electrons. The summed E-state index contributed by atoms with van der Waals surface area (Å²) in [5.74, 6) is -1.05. The van der Waals surface area contributed by atoms with E-state index in [2.05, 4.69) is 5.10 Å². The van der Waals surface area contributed by atoms with Crippen LogP contribution in [0.2, 0.25) is 0 Å². The van der Waals surface area contributed by atoms with Crippen molar-refractivity contribution >= 4 is 18.0 Å². The highest BCUT2D eigenvalue weighted by Crippen LogP contribution is 2.11. The lowest BCUT2D eigenvalue weighted by atomic mass is 10.2. The van der Waals surface area contributed by atoms with Gasteiger partial charge in [-0.25, -0.2) is 9.59 Å². The monoisotopic (exact) mass is 312 g/mol. The number of aromatic nitrogens is 2. The standard InChI is InChI=1S/C17H16N2O4/c20-16(23-15-8-9-22-17(15)21)7-6-14-10-18-19(12-14)11-13-4-2-1-3-5-13/h1-7,10,12,15H,8-9,11H2/b7-6+/t15-/m0/s1. The van der Waals surface area contributed by atoms with Gasteiger partial charge in [-0.15, -0.1) is 0 Å². The van der Waals surface area contributed by atoms with Crippen LogP contribution >= 0.6 is 0 Å². The van der Waals surface area contributed by atoms with Crippen molar-refractivity contribution in [2.75, 3.05) is 6.61 Å². The smallest absolute Gasteiger partial charge is 0.347 e. The third kappa shape index (κ3) is 4.06. The van der Waals surface area contributed by atoms with Gasteiger partial charge in [0.1, 0.15) is 0 Å². The molecule has 0 bridgehead atoms. The zero-order valence-electron chi connectivity index (χ0n) is 12.4. The van der Waals surface area contributed by atoms with E-state index >= 15 is 0 Å². The summed E-state index contributed by atoms with van der Waals surface area (Å²) < 4.78 is 11.5. The molecule has 1 aliphatic rings. The van der Waals surface area contributed by atoms with E-state index in [0.29, 0.717) is 19.6 Å². The van der Waals surface area contributed by atoms with Crippen LogP contribution in [0.1, 0.15) is 17.5 Å². The number of carbonyl (C=O) groups excluding carboxylic acids is 2. The van der Waals surface area contributed by atoms with Crippen LogP contribution in [-0.2, 0) is 25.6 Å². The molecule has 6 heteroatoms. The van der Waals surface area contributed by atoms with Crippen LogP contribution in [0, 0.1) is 0 Å². The summed E-state index contributed by atoms with van der Waals surface area (Å²) in [5, 5.41) is 4.24. The van der Waals surface area contributed by atoms with E-state index in [-0.39, 0.29) is 0 Å². The molecule has 1 aromatic heterocycles. The number of nitrogens with zero attached hydrogens (tertiary/aromatic N) is 2. The van der Waals surface area contributed by atoms with Gasteiger partial charge in [0, 0.05) is 24.3 Å². The van der Waals surface area contributed by atoms with Crippen LogP contribution in [0.5, 0.6) is 0 Å². The van der Waals surface area contributed by atoms with Gasteiger partial charge in [-0.2, -0.15) is 5.10 Å². The van der Waals surface area contributed by atoms with Gasteiger partial charge < -0.3 is 9.47 Å². The van der Waals surface area contributed by atoms with Gasteiger partial charge in [-0.3, -0.25) is 4.68 Å². The maximum atomic E-state index is 11.7. The summed E-state index contributed by atoms with van der Waals surface area (Å²) >= 11 is 0. The molecule has 0 amide bonds. The summed E-state index contributed by atoms with van der Waals surface area (Å²) in [6, 6.07) is 9.96. The first-order valence-corrected chi connectivity index (χ1v) is 7.32. The molecule has 0 N–H and O–H groups in total. The summed E-state index contributed by atoms with van der Waals surface area (Å²) in [7, 11) is 0. The van der Waals surface area contributed by atoms with E-state index in [1.165, 1.54) is 6.08 Å². The molecule has 118 valence electrons. The maximum Gasteiger partial charge on any atom is 0.347 e. The average molecular weight is 312 g/mol. The second-order valence-corrected chi connectivity index (χ2v) is 5.17. The molecule has 2 heterocycles. The molecular formula is C17H16N2O4. The highest BCUT2D eigenvalue weighted by atomic mass is 16.6. The van der Waals surface area contributed by atoms with Crippen LogP contribution in [0.25, 0.3) is 6.08 Å². The molecule has 1 aliphatic heterocycles. The molecule has 3 rings (SSSR count). The zero-order valence-corrected chi connectivity index (χ0v) is 12.4. The normalized spacial score (nSPS) is 17.4. The molecule has 0 unspecified atom stereocenters. The molecule has 0 saturated carbocycles. The Balaban J connectivity index is 1.55. The second-order valence-electron chi connectivity index (χ2n) is 5.17. The molecule has 23 heavy (non-hydrogen) atoms. The Kier molecular flexibility index (Phi) is 4.52. The minimum Gasteiger partial charge on any atom is -0.463 e. The van der Waals surface area contributed by atoms with Crippen LogP contribution in [-0.4, -0.2) is 34.4 Å². The molecule has 0 spiro atoms. The quantitative estimate of drug-likeness (QED) is 0.622. The third-order valence-electron chi connectivity index (χ3n) is 3.40. The van der Waals surface area contributed by atoms with E-state index in [1.54, 1.807) is 17.0 Å². The van der Waals surface area contributed by atoms with Crippen LogP contribution in [0.4, 0.5) is 0 Å². The van der Waals surface area contributed by atoms with Crippen LogP contribution in [0.15, 0.2) is 48.8 Å². The topological polar surface area (TPSA) is 70.4 Å². The number of rotatable bonds is 5. The summed E-state index contributed by atoms with van der Waals surface area (Å²) in [5.41, 5.74) is 1.93. The SMILES string of the molecule is O=C(/C=C/c1cnn(Cc2ccccc2)c1)O[C@H]1CCOC1=O. The molecule has 1 fully saturated rings. The highest BCUT2D eigenvalue weighted by Gasteiger charge is 2.29. The zero-order chi connectivity index (χ0) is 16.1. The Bertz CT molecular complexity index is 721. The van der Waals surface area contributed by atoms with E-state index in [9.17, 15) is 9.59 Å². The van der Waals surface area contributed by atoms with Crippen molar-refractivity contribution < 1.29 is 19.1 Å². The van der Waals surface area contributed by atoms with Gasteiger partial charge in [0.15, 0.2) is 0 Å². The number of esters is 2. The van der Waals surface area contributed by atoms with Crippen molar-refractivity contribution in [3.63, 3.8) is 0 Å². The van der Waals surface area contributed by atoms with Crippen molar-refractivity contribution in [3.05, 3.63) is 59.9 Å². The summed E-state index contributed by atoms with van der Waals surface area (Å²) in [6.45, 7) is 0.958. The Labute approximate surface area is 133 Å². The fourth-order valence-corrected chi connectivity index (χ4v) is 2.25. The minimum absolute atomic E-state index is 0.298. The Morgan fingerprint density at radius 1 is 1.39 bits per heavy atom. The maximum absolute atomic E-state index is 11.7. The van der Waals surface area contributed by atoms with Crippen LogP contribution in [0.3, 0.4) is 0 Å². The lowest BCUT2D eigenvalue weighted by Crippen LogP contribution is -2.21. The van der Waals surface area contributed by atoms with E-state index in [1.807, 2.05) is 36.5 Å². The van der Waals surface area contributed by atoms with E-state index in [0.717, 1.165) is 11.1 Å². The van der Waals surface area contributed by atoms with Gasteiger partial charge >= 0.3 is 11.9 Å². The lowest BCUT2D eigenvalue weighted by Gasteiger charge is -2.04. The molecule has 1 atom stereocenters. The van der Waals surface area contributed by atoms with Crippen molar-refractivity contribution in [1.29, 1.82) is 0 Å². The second kappa shape index (κ2) is 6.91. The van der Waals surface area contributed by atoms with Crippen molar-refractivity contribution in [1.82, 2.24) is 9.78 Å². The Morgan fingerprint density at radius 2 is 2.22 bits per heavy atom. The van der Waals surface area contributed by atoms with Gasteiger partial charge in [-0.1, -0.05) is 30.3 Å². The number of benzene rings is 1. The van der Waals surface area contributed by atoms with Gasteiger partial charge in [0.2, 0.25) is 6.10 Å². The number of carbonyl (C=O) groups is 2. The lowest BCUT2D eigenvalue weighted by molar-refractivity contribution is -0.156. The Morgan fingerprint density at radius 3 is 2.96 bits per heavy atom. The predicted molar refractivity (Wildman–Crippen MR) is 82.3 cm³/mol. The first-order valence-electron chi connectivity index (χ1n) is 7.32. The van der Waals surface area contributed by atoms with Gasteiger partial charge in [0.25, 0.3) is 0 Å². The molecule has 1 saturated heterocycles. The molecular weight excluding hydrogens is 296 g/mol. The van der Waals surface area contributed by atoms with Crippen molar-refractivity contribution in [3.8, 4) is 0 Å². The number of cyclic esters (lactones) is 1. The average Bonchev–Trinajstić information content (AvgIpc) is 3.16. The van der Waals surface area contributed by atoms with Gasteiger partial charge in [0.05, 0.1) is 19.3 Å². The molecule has 6 nitrogen and oxygen atoms in total. The Hall–Kier alpha value is -2.89. The highest BCUT2D eigenvalue weighted by molar-refractivity contribution is 5.89. The number of ether oxygens (including phenoxy) is 2. The minimum atomic E-state index is -0.784. The van der Waals surface area contributed by atoms with Crippen molar-refractivity contribution in [2.45, 2.75) is 19.1 Å². The predicted octanol–water partition coefficient (Wildman–Crippen LogP) is 1.80. The van der Waals surface area contributed by atoms with Crippen molar-refractivity contribution in [2.24, 2.45) is 0 Å². The number of hydrogen-bond acceptors (Lipinski definition) is 5. The third-order valence-corrected chi connectivity index (χ3v) is 3.40. The molecule has 1 aromatic carbocycles. The first kappa shape index (κ1) is 15.0. The fourth-order valence-electron chi connectivity index (χ4n) is 2.25.